The standard InChI is InChI=1S/C12H14N2O4/c1-7-3-2-4-9(13-7)11(16)14-6-8(15)5-10(14)12(17)18/h2-4,8,10,15H,5-6H2,1H3,(H,17,18)/t8-,10-/m1/s1. The molecule has 2 atom stereocenters. The maximum atomic E-state index is 12.1. The predicted octanol–water partition coefficient (Wildman–Crippen LogP) is 0.0500. The van der Waals surface area contributed by atoms with Gasteiger partial charge in [0.2, 0.25) is 0 Å². The van der Waals surface area contributed by atoms with Gasteiger partial charge in [-0.2, -0.15) is 0 Å². The van der Waals surface area contributed by atoms with E-state index in [9.17, 15) is 14.7 Å². The number of β-amino-alcohol motifs (C(OH)–C–C–N with tert-alkyl or cyclic N) is 1. The van der Waals surface area contributed by atoms with Crippen LogP contribution in [-0.4, -0.2) is 50.7 Å². The lowest BCUT2D eigenvalue weighted by molar-refractivity contribution is -0.141. The number of aliphatic hydroxyl groups excluding tert-OH is 1. The Morgan fingerprint density at radius 2 is 2.17 bits per heavy atom. The second-order valence-corrected chi connectivity index (χ2v) is 4.37. The van der Waals surface area contributed by atoms with Crippen molar-refractivity contribution in [2.75, 3.05) is 6.54 Å². The Bertz CT molecular complexity index is 489. The van der Waals surface area contributed by atoms with Crippen molar-refractivity contribution >= 4 is 11.9 Å². The fourth-order valence-electron chi connectivity index (χ4n) is 2.08. The zero-order valence-electron chi connectivity index (χ0n) is 9.91. The quantitative estimate of drug-likeness (QED) is 0.774. The molecule has 0 spiro atoms. The first kappa shape index (κ1) is 12.5. The Balaban J connectivity index is 2.25. The third-order valence-electron chi connectivity index (χ3n) is 2.93. The van der Waals surface area contributed by atoms with Crippen LogP contribution in [-0.2, 0) is 4.79 Å². The Morgan fingerprint density at radius 1 is 1.44 bits per heavy atom. The third-order valence-corrected chi connectivity index (χ3v) is 2.93. The summed E-state index contributed by atoms with van der Waals surface area (Å²) in [7, 11) is 0. The van der Waals surface area contributed by atoms with E-state index in [0.29, 0.717) is 5.69 Å². The van der Waals surface area contributed by atoms with Gasteiger partial charge in [-0.1, -0.05) is 6.07 Å². The van der Waals surface area contributed by atoms with Gasteiger partial charge in [-0.15, -0.1) is 0 Å². The van der Waals surface area contributed by atoms with E-state index in [2.05, 4.69) is 4.98 Å². The van der Waals surface area contributed by atoms with Crippen LogP contribution in [0.15, 0.2) is 18.2 Å². The van der Waals surface area contributed by atoms with Crippen molar-refractivity contribution in [3.8, 4) is 0 Å². The topological polar surface area (TPSA) is 90.7 Å². The number of carbonyl (C=O) groups excluding carboxylic acids is 1. The smallest absolute Gasteiger partial charge is 0.326 e. The van der Waals surface area contributed by atoms with Crippen LogP contribution in [0.5, 0.6) is 0 Å². The summed E-state index contributed by atoms with van der Waals surface area (Å²) in [5.41, 5.74) is 0.892. The minimum atomic E-state index is -1.10. The number of amides is 1. The normalized spacial score (nSPS) is 23.1. The molecule has 1 fully saturated rings. The largest absolute Gasteiger partial charge is 0.480 e. The molecule has 0 aromatic carbocycles. The van der Waals surface area contributed by atoms with Crippen LogP contribution in [0.1, 0.15) is 22.6 Å². The molecule has 2 heterocycles. The molecule has 1 aromatic heterocycles. The molecule has 0 bridgehead atoms. The highest BCUT2D eigenvalue weighted by Gasteiger charge is 2.39. The first-order valence-electron chi connectivity index (χ1n) is 5.64. The highest BCUT2D eigenvalue weighted by atomic mass is 16.4. The molecule has 1 aliphatic heterocycles. The molecule has 1 aliphatic rings. The van der Waals surface area contributed by atoms with E-state index < -0.39 is 24.0 Å². The van der Waals surface area contributed by atoms with Crippen molar-refractivity contribution in [1.82, 2.24) is 9.88 Å². The number of carboxylic acid groups (broad SMARTS) is 1. The van der Waals surface area contributed by atoms with Gasteiger partial charge in [0.25, 0.3) is 5.91 Å². The van der Waals surface area contributed by atoms with E-state index in [-0.39, 0.29) is 18.7 Å². The van der Waals surface area contributed by atoms with Crippen molar-refractivity contribution < 1.29 is 19.8 Å². The molecule has 96 valence electrons. The number of rotatable bonds is 2. The van der Waals surface area contributed by atoms with Gasteiger partial charge >= 0.3 is 5.97 Å². The zero-order valence-corrected chi connectivity index (χ0v) is 9.91. The fraction of sp³-hybridized carbons (Fsp3) is 0.417. The average molecular weight is 250 g/mol. The summed E-state index contributed by atoms with van der Waals surface area (Å²) in [5.74, 6) is -1.56. The Morgan fingerprint density at radius 3 is 2.78 bits per heavy atom. The first-order valence-corrected chi connectivity index (χ1v) is 5.64. The molecule has 0 radical (unpaired) electrons. The maximum Gasteiger partial charge on any atom is 0.326 e. The summed E-state index contributed by atoms with van der Waals surface area (Å²) in [6, 6.07) is 4.01. The molecule has 1 aromatic rings. The van der Waals surface area contributed by atoms with Crippen LogP contribution < -0.4 is 0 Å². The molecule has 2 N–H and O–H groups in total. The van der Waals surface area contributed by atoms with Crippen LogP contribution in [0.25, 0.3) is 0 Å². The lowest BCUT2D eigenvalue weighted by atomic mass is 10.2. The Labute approximate surface area is 104 Å². The number of aliphatic carboxylic acids is 1. The van der Waals surface area contributed by atoms with Crippen molar-refractivity contribution in [2.24, 2.45) is 0 Å². The summed E-state index contributed by atoms with van der Waals surface area (Å²) in [5, 5.41) is 18.5. The number of aryl methyl sites for hydroxylation is 1. The number of likely N-dealkylation sites (tertiary alicyclic amines) is 1. The second kappa shape index (κ2) is 4.73. The van der Waals surface area contributed by atoms with Gasteiger partial charge < -0.3 is 15.1 Å². The number of hydrogen-bond donors (Lipinski definition) is 2. The van der Waals surface area contributed by atoms with Crippen LogP contribution in [0, 0.1) is 6.92 Å². The van der Waals surface area contributed by atoms with Crippen LogP contribution in [0.4, 0.5) is 0 Å². The molecular weight excluding hydrogens is 236 g/mol. The van der Waals surface area contributed by atoms with Gasteiger partial charge in [-0.05, 0) is 19.1 Å². The number of nitrogens with zero attached hydrogens (tertiary/aromatic N) is 2. The van der Waals surface area contributed by atoms with Crippen molar-refractivity contribution in [3.63, 3.8) is 0 Å². The van der Waals surface area contributed by atoms with Crippen LogP contribution >= 0.6 is 0 Å². The zero-order chi connectivity index (χ0) is 13.3. The molecule has 0 aliphatic carbocycles. The van der Waals surface area contributed by atoms with E-state index in [0.717, 1.165) is 4.90 Å². The lowest BCUT2D eigenvalue weighted by Gasteiger charge is -2.20. The summed E-state index contributed by atoms with van der Waals surface area (Å²) in [6.07, 6.45) is -0.729. The Hall–Kier alpha value is -1.95. The number of carboxylic acids is 1. The van der Waals surface area contributed by atoms with Crippen LogP contribution in [0.2, 0.25) is 0 Å². The van der Waals surface area contributed by atoms with Crippen LogP contribution in [0.3, 0.4) is 0 Å². The van der Waals surface area contributed by atoms with Gasteiger partial charge in [-0.25, -0.2) is 9.78 Å². The SMILES string of the molecule is Cc1cccc(C(=O)N2C[C@H](O)C[C@@H]2C(=O)O)n1. The molecule has 18 heavy (non-hydrogen) atoms. The highest BCUT2D eigenvalue weighted by molar-refractivity contribution is 5.95. The minimum absolute atomic E-state index is 0.0332. The van der Waals surface area contributed by atoms with Gasteiger partial charge in [0.15, 0.2) is 0 Å². The van der Waals surface area contributed by atoms with E-state index in [1.165, 1.54) is 0 Å². The summed E-state index contributed by atoms with van der Waals surface area (Å²) >= 11 is 0. The number of carbonyl (C=O) groups is 2. The number of aromatic nitrogens is 1. The lowest BCUT2D eigenvalue weighted by Crippen LogP contribution is -2.41. The highest BCUT2D eigenvalue weighted by Crippen LogP contribution is 2.20. The Kier molecular flexibility index (Phi) is 3.29. The van der Waals surface area contributed by atoms with E-state index in [1.807, 2.05) is 0 Å². The number of hydrogen-bond acceptors (Lipinski definition) is 4. The molecule has 6 nitrogen and oxygen atoms in total. The van der Waals surface area contributed by atoms with E-state index in [4.69, 9.17) is 5.11 Å². The van der Waals surface area contributed by atoms with E-state index in [1.54, 1.807) is 25.1 Å². The second-order valence-electron chi connectivity index (χ2n) is 4.37. The average Bonchev–Trinajstić information content (AvgIpc) is 2.70. The number of pyridine rings is 1. The molecule has 0 unspecified atom stereocenters. The molecule has 1 saturated heterocycles. The third kappa shape index (κ3) is 2.33. The summed E-state index contributed by atoms with van der Waals surface area (Å²) < 4.78 is 0. The molecule has 2 rings (SSSR count). The van der Waals surface area contributed by atoms with Gasteiger partial charge in [0, 0.05) is 18.7 Å². The summed E-state index contributed by atoms with van der Waals surface area (Å²) in [4.78, 5) is 28.4. The van der Waals surface area contributed by atoms with E-state index >= 15 is 0 Å². The van der Waals surface area contributed by atoms with Gasteiger partial charge in [-0.3, -0.25) is 4.79 Å². The molecule has 0 saturated carbocycles. The number of aliphatic hydroxyl groups is 1. The van der Waals surface area contributed by atoms with Crippen molar-refractivity contribution in [2.45, 2.75) is 25.5 Å². The molecular formula is C12H14N2O4. The van der Waals surface area contributed by atoms with Gasteiger partial charge in [0.05, 0.1) is 6.10 Å². The first-order chi connectivity index (χ1) is 8.49. The minimum Gasteiger partial charge on any atom is -0.480 e. The monoisotopic (exact) mass is 250 g/mol. The molecule has 1 amide bonds. The molecule has 6 heteroatoms. The van der Waals surface area contributed by atoms with Crippen molar-refractivity contribution in [1.29, 1.82) is 0 Å². The summed E-state index contributed by atoms with van der Waals surface area (Å²) in [6.45, 7) is 1.79. The van der Waals surface area contributed by atoms with Gasteiger partial charge in [0.1, 0.15) is 11.7 Å². The van der Waals surface area contributed by atoms with Crippen molar-refractivity contribution in [3.05, 3.63) is 29.6 Å². The predicted molar refractivity (Wildman–Crippen MR) is 62.1 cm³/mol. The maximum absolute atomic E-state index is 12.1. The fourth-order valence-corrected chi connectivity index (χ4v) is 2.08.